The van der Waals surface area contributed by atoms with Gasteiger partial charge in [-0.05, 0) is 25.2 Å². The fourth-order valence-corrected chi connectivity index (χ4v) is 6.10. The molecule has 0 radical (unpaired) electrons. The van der Waals surface area contributed by atoms with Crippen molar-refractivity contribution in [2.45, 2.75) is 50.2 Å². The Kier molecular flexibility index (Phi) is 8.43. The van der Waals surface area contributed by atoms with E-state index in [0.29, 0.717) is 25.1 Å². The molecule has 0 amide bonds. The van der Waals surface area contributed by atoms with E-state index < -0.39 is 46.2 Å². The zero-order valence-corrected chi connectivity index (χ0v) is 23.0. The molecule has 4 heterocycles. The van der Waals surface area contributed by atoms with Crippen LogP contribution in [0.1, 0.15) is 31.9 Å². The lowest BCUT2D eigenvalue weighted by molar-refractivity contribution is -0.0490. The zero-order valence-electron chi connectivity index (χ0n) is 21.3. The van der Waals surface area contributed by atoms with Gasteiger partial charge in [0.05, 0.1) is 25.6 Å². The van der Waals surface area contributed by atoms with Crippen molar-refractivity contribution < 1.29 is 46.9 Å². The first kappa shape index (κ1) is 29.5. The van der Waals surface area contributed by atoms with Gasteiger partial charge in [-0.2, -0.15) is 4.98 Å². The largest absolute Gasteiger partial charge is 0.474 e. The van der Waals surface area contributed by atoms with Gasteiger partial charge in [0.2, 0.25) is 11.8 Å². The molecule has 2 fully saturated rings. The molecular formula is C20H28N8O11P2. The van der Waals surface area contributed by atoms with Gasteiger partial charge in [0.15, 0.2) is 17.4 Å². The Morgan fingerprint density at radius 1 is 1.10 bits per heavy atom. The maximum Gasteiger partial charge on any atom is 0.472 e. The monoisotopic (exact) mass is 618 g/mol. The van der Waals surface area contributed by atoms with Crippen LogP contribution in [0.4, 0.5) is 11.8 Å². The van der Waals surface area contributed by atoms with Crippen molar-refractivity contribution in [3.8, 4) is 5.88 Å². The van der Waals surface area contributed by atoms with Crippen molar-refractivity contribution in [3.05, 3.63) is 29.1 Å². The maximum atomic E-state index is 13.0. The van der Waals surface area contributed by atoms with Crippen LogP contribution in [-0.2, 0) is 27.4 Å². The Balaban J connectivity index is 1.25. The molecule has 21 heteroatoms. The Morgan fingerprint density at radius 3 is 2.66 bits per heavy atom. The molecule has 1 saturated carbocycles. The van der Waals surface area contributed by atoms with Crippen molar-refractivity contribution in [3.63, 3.8) is 0 Å². The normalized spacial score (nSPS) is 26.4. The first-order chi connectivity index (χ1) is 19.3. The molecule has 2 unspecified atom stereocenters. The average molecular weight is 618 g/mol. The zero-order chi connectivity index (χ0) is 29.4. The van der Waals surface area contributed by atoms with E-state index in [1.54, 1.807) is 0 Å². The van der Waals surface area contributed by atoms with E-state index in [1.807, 2.05) is 0 Å². The van der Waals surface area contributed by atoms with E-state index >= 15 is 0 Å². The fraction of sp³-hybridized carbons (Fsp3) is 0.550. The number of phosphoric ester groups is 2. The van der Waals surface area contributed by atoms with Crippen LogP contribution < -0.4 is 21.8 Å². The summed E-state index contributed by atoms with van der Waals surface area (Å²) in [4.78, 5) is 59.1. The maximum absolute atomic E-state index is 13.0. The molecule has 224 valence electrons. The van der Waals surface area contributed by atoms with Crippen LogP contribution >= 0.6 is 15.6 Å². The van der Waals surface area contributed by atoms with Crippen LogP contribution in [0.2, 0.25) is 0 Å². The summed E-state index contributed by atoms with van der Waals surface area (Å²) >= 11 is 0. The van der Waals surface area contributed by atoms with Crippen molar-refractivity contribution in [1.29, 1.82) is 0 Å². The predicted octanol–water partition coefficient (Wildman–Crippen LogP) is 0.221. The lowest BCUT2D eigenvalue weighted by atomic mass is 10.1. The number of aromatic amines is 1. The number of fused-ring (bicyclic) bond motifs is 1. The van der Waals surface area contributed by atoms with E-state index in [0.717, 1.165) is 0 Å². The topological polar surface area (TPSA) is 282 Å². The molecule has 3 aromatic heterocycles. The number of rotatable bonds is 11. The molecule has 6 atom stereocenters. The van der Waals surface area contributed by atoms with Gasteiger partial charge in [0.1, 0.15) is 24.4 Å². The number of nitrogens with two attached hydrogens (primary N) is 2. The lowest BCUT2D eigenvalue weighted by Crippen LogP contribution is -2.23. The van der Waals surface area contributed by atoms with Crippen LogP contribution in [0.15, 0.2) is 23.5 Å². The predicted molar refractivity (Wildman–Crippen MR) is 138 cm³/mol. The molecule has 0 spiro atoms. The second-order valence-electron chi connectivity index (χ2n) is 9.55. The van der Waals surface area contributed by atoms with E-state index in [1.165, 1.54) is 23.3 Å². The van der Waals surface area contributed by atoms with Gasteiger partial charge in [-0.15, -0.1) is 0 Å². The minimum atomic E-state index is -4.83. The quantitative estimate of drug-likeness (QED) is 0.157. The second-order valence-corrected chi connectivity index (χ2v) is 12.2. The Labute approximate surface area is 231 Å². The summed E-state index contributed by atoms with van der Waals surface area (Å²) in [5.74, 6) is 0.278. The molecule has 19 nitrogen and oxygen atoms in total. The van der Waals surface area contributed by atoms with Crippen molar-refractivity contribution >= 4 is 38.6 Å². The average Bonchev–Trinajstić information content (AvgIpc) is 3.59. The van der Waals surface area contributed by atoms with Gasteiger partial charge in [0.25, 0.3) is 5.56 Å². The molecular weight excluding hydrogens is 590 g/mol. The summed E-state index contributed by atoms with van der Waals surface area (Å²) in [7, 11) is -9.51. The number of imidazole rings is 1. The summed E-state index contributed by atoms with van der Waals surface area (Å²) in [5, 5.41) is 0. The third-order valence-corrected chi connectivity index (χ3v) is 7.98. The number of H-pyrrole nitrogens is 1. The SMILES string of the molecule is Nc1cc(O[C@H]2CC[C@@H](COP(=O)(O)O[C@@H]3CC(COP(=O)(O)O)O[C@H]3n3cnc4c(=O)[nH]c(N)nc43)C2)ncn1. The molecule has 5 rings (SSSR count). The lowest BCUT2D eigenvalue weighted by Gasteiger charge is -2.23. The van der Waals surface area contributed by atoms with Gasteiger partial charge < -0.3 is 35.6 Å². The highest BCUT2D eigenvalue weighted by Crippen LogP contribution is 2.50. The smallest absolute Gasteiger partial charge is 0.472 e. The molecule has 3 aromatic rings. The Morgan fingerprint density at radius 2 is 1.90 bits per heavy atom. The van der Waals surface area contributed by atoms with Gasteiger partial charge in [0, 0.05) is 12.5 Å². The summed E-state index contributed by atoms with van der Waals surface area (Å²) in [6, 6.07) is 1.50. The number of phosphoric acid groups is 2. The summed E-state index contributed by atoms with van der Waals surface area (Å²) in [6.07, 6.45) is 0.649. The Hall–Kier alpha value is -2.99. The van der Waals surface area contributed by atoms with Gasteiger partial charge >= 0.3 is 15.6 Å². The standard InChI is InChI=1S/C20H28N8O11P2/c21-14-5-15(24-8-23-14)37-11-2-1-10(3-11)6-36-41(33,34)39-13-4-12(7-35-40(30,31)32)38-19(13)28-9-25-16-17(28)26-20(22)27-18(16)29/h5,8-13,19H,1-4,6-7H2,(H,33,34)(H2,21,23,24)(H2,30,31,32)(H3,22,26,27,29)/t10-,11+,12?,13-,19-/m1/s1. The number of nitrogen functional groups attached to an aromatic ring is 2. The fourth-order valence-electron chi connectivity index (χ4n) is 4.75. The Bertz CT molecular complexity index is 1550. The van der Waals surface area contributed by atoms with Crippen LogP contribution in [0.25, 0.3) is 11.2 Å². The number of nitrogens with zero attached hydrogens (tertiary/aromatic N) is 5. The van der Waals surface area contributed by atoms with Crippen LogP contribution in [0.3, 0.4) is 0 Å². The van der Waals surface area contributed by atoms with E-state index in [-0.39, 0.29) is 48.0 Å². The van der Waals surface area contributed by atoms with Gasteiger partial charge in [-0.1, -0.05) is 0 Å². The van der Waals surface area contributed by atoms with E-state index in [2.05, 4.69) is 29.4 Å². The number of anilines is 2. The number of nitrogens with one attached hydrogen (secondary N) is 1. The minimum Gasteiger partial charge on any atom is -0.474 e. The summed E-state index contributed by atoms with van der Waals surface area (Å²) in [6.45, 7) is -0.661. The molecule has 8 N–H and O–H groups in total. The van der Waals surface area contributed by atoms with Crippen molar-refractivity contribution in [2.24, 2.45) is 5.92 Å². The minimum absolute atomic E-state index is 0.00228. The molecule has 1 aliphatic heterocycles. The molecule has 1 aliphatic carbocycles. The van der Waals surface area contributed by atoms with Gasteiger partial charge in [-0.3, -0.25) is 27.9 Å². The summed E-state index contributed by atoms with van der Waals surface area (Å²) < 4.78 is 52.3. The first-order valence-electron chi connectivity index (χ1n) is 12.3. The van der Waals surface area contributed by atoms with Crippen LogP contribution in [0, 0.1) is 5.92 Å². The molecule has 41 heavy (non-hydrogen) atoms. The molecule has 0 bridgehead atoms. The van der Waals surface area contributed by atoms with Crippen molar-refractivity contribution in [2.75, 3.05) is 24.7 Å². The third-order valence-electron chi connectivity index (χ3n) is 6.48. The van der Waals surface area contributed by atoms with Crippen LogP contribution in [-0.4, -0.2) is 75.7 Å². The van der Waals surface area contributed by atoms with E-state index in [4.69, 9.17) is 39.8 Å². The first-order valence-corrected chi connectivity index (χ1v) is 15.4. The number of hydrogen-bond donors (Lipinski definition) is 6. The molecule has 0 aromatic carbocycles. The molecule has 2 aliphatic rings. The number of ether oxygens (including phenoxy) is 2. The van der Waals surface area contributed by atoms with Gasteiger partial charge in [-0.25, -0.2) is 24.1 Å². The second kappa shape index (κ2) is 11.7. The number of hydrogen-bond acceptors (Lipinski definition) is 14. The third kappa shape index (κ3) is 7.45. The van der Waals surface area contributed by atoms with Crippen molar-refractivity contribution in [1.82, 2.24) is 29.5 Å². The molecule has 1 saturated heterocycles. The highest BCUT2D eigenvalue weighted by Gasteiger charge is 2.44. The highest BCUT2D eigenvalue weighted by atomic mass is 31.2. The number of aromatic nitrogens is 6. The van der Waals surface area contributed by atoms with Crippen LogP contribution in [0.5, 0.6) is 5.88 Å². The summed E-state index contributed by atoms with van der Waals surface area (Å²) in [5.41, 5.74) is 10.6. The highest BCUT2D eigenvalue weighted by molar-refractivity contribution is 7.47. The van der Waals surface area contributed by atoms with E-state index in [9.17, 15) is 18.8 Å².